The van der Waals surface area contributed by atoms with Crippen LogP contribution in [-0.2, 0) is 0 Å². The standard InChI is InChI=1S/C13H18FNO/c1-15-8-6-10(7-9-15)11-4-3-5-12(14)13(11)16-2/h3-5,10H,6-9H2,1-2H3. The monoisotopic (exact) mass is 223 g/mol. The van der Waals surface area contributed by atoms with Crippen LogP contribution >= 0.6 is 0 Å². The minimum absolute atomic E-state index is 0.251. The van der Waals surface area contributed by atoms with Crippen LogP contribution in [-0.4, -0.2) is 32.1 Å². The Kier molecular flexibility index (Phi) is 3.44. The number of piperidine rings is 1. The van der Waals surface area contributed by atoms with Gasteiger partial charge in [-0.1, -0.05) is 12.1 Å². The average Bonchev–Trinajstić information content (AvgIpc) is 2.30. The SMILES string of the molecule is COc1c(F)cccc1C1CCN(C)CC1. The highest BCUT2D eigenvalue weighted by molar-refractivity contribution is 5.37. The predicted octanol–water partition coefficient (Wildman–Crippen LogP) is 2.64. The quantitative estimate of drug-likeness (QED) is 0.764. The zero-order valence-corrected chi connectivity index (χ0v) is 9.87. The number of halogens is 1. The van der Waals surface area contributed by atoms with Crippen molar-refractivity contribution in [2.24, 2.45) is 0 Å². The second-order valence-corrected chi connectivity index (χ2v) is 4.44. The third kappa shape index (κ3) is 2.19. The largest absolute Gasteiger partial charge is 0.493 e. The van der Waals surface area contributed by atoms with Crippen LogP contribution in [0.1, 0.15) is 24.3 Å². The van der Waals surface area contributed by atoms with Gasteiger partial charge in [-0.25, -0.2) is 4.39 Å². The maximum absolute atomic E-state index is 13.5. The van der Waals surface area contributed by atoms with Crippen LogP contribution in [0, 0.1) is 5.82 Å². The third-order valence-electron chi connectivity index (χ3n) is 3.36. The van der Waals surface area contributed by atoms with Gasteiger partial charge in [-0.3, -0.25) is 0 Å². The molecule has 0 saturated carbocycles. The van der Waals surface area contributed by atoms with E-state index >= 15 is 0 Å². The van der Waals surface area contributed by atoms with E-state index in [1.165, 1.54) is 13.2 Å². The van der Waals surface area contributed by atoms with Crippen molar-refractivity contribution in [1.82, 2.24) is 4.90 Å². The summed E-state index contributed by atoms with van der Waals surface area (Å²) in [6, 6.07) is 5.21. The Morgan fingerprint density at radius 2 is 2.00 bits per heavy atom. The van der Waals surface area contributed by atoms with Crippen LogP contribution in [0.2, 0.25) is 0 Å². The molecule has 16 heavy (non-hydrogen) atoms. The number of benzene rings is 1. The number of likely N-dealkylation sites (tertiary alicyclic amines) is 1. The molecule has 1 fully saturated rings. The summed E-state index contributed by atoms with van der Waals surface area (Å²) < 4.78 is 18.7. The van der Waals surface area contributed by atoms with Gasteiger partial charge in [0.25, 0.3) is 0 Å². The minimum atomic E-state index is -0.251. The molecule has 0 unspecified atom stereocenters. The first kappa shape index (κ1) is 11.4. The molecule has 1 heterocycles. The number of hydrogen-bond acceptors (Lipinski definition) is 2. The van der Waals surface area contributed by atoms with Gasteiger partial charge in [0.2, 0.25) is 0 Å². The number of rotatable bonds is 2. The first-order valence-electron chi connectivity index (χ1n) is 5.73. The summed E-state index contributed by atoms with van der Waals surface area (Å²) in [6.45, 7) is 2.15. The first-order valence-corrected chi connectivity index (χ1v) is 5.73. The normalized spacial score (nSPS) is 18.7. The Hall–Kier alpha value is -1.09. The maximum atomic E-state index is 13.5. The van der Waals surface area contributed by atoms with E-state index in [1.54, 1.807) is 6.07 Å². The molecule has 0 aromatic heterocycles. The second-order valence-electron chi connectivity index (χ2n) is 4.44. The lowest BCUT2D eigenvalue weighted by molar-refractivity contribution is 0.251. The molecule has 1 aliphatic rings. The summed E-state index contributed by atoms with van der Waals surface area (Å²) in [5.41, 5.74) is 1.02. The van der Waals surface area contributed by atoms with Gasteiger partial charge in [-0.15, -0.1) is 0 Å². The van der Waals surface area contributed by atoms with Crippen molar-refractivity contribution in [3.05, 3.63) is 29.6 Å². The molecule has 0 radical (unpaired) electrons. The van der Waals surface area contributed by atoms with Crippen LogP contribution in [0.3, 0.4) is 0 Å². The van der Waals surface area contributed by atoms with E-state index in [1.807, 2.05) is 6.07 Å². The molecule has 2 nitrogen and oxygen atoms in total. The third-order valence-corrected chi connectivity index (χ3v) is 3.36. The van der Waals surface area contributed by atoms with Crippen molar-refractivity contribution in [3.63, 3.8) is 0 Å². The fourth-order valence-electron chi connectivity index (χ4n) is 2.38. The number of ether oxygens (including phenoxy) is 1. The summed E-state index contributed by atoms with van der Waals surface area (Å²) in [7, 11) is 3.66. The molecule has 2 rings (SSSR count). The minimum Gasteiger partial charge on any atom is -0.493 e. The van der Waals surface area contributed by atoms with Crippen molar-refractivity contribution >= 4 is 0 Å². The van der Waals surface area contributed by atoms with Crippen LogP contribution < -0.4 is 4.74 Å². The van der Waals surface area contributed by atoms with Crippen molar-refractivity contribution in [3.8, 4) is 5.75 Å². The van der Waals surface area contributed by atoms with Crippen LogP contribution in [0.15, 0.2) is 18.2 Å². The number of para-hydroxylation sites is 1. The van der Waals surface area contributed by atoms with Crippen molar-refractivity contribution in [2.75, 3.05) is 27.2 Å². The molecule has 1 aliphatic heterocycles. The smallest absolute Gasteiger partial charge is 0.165 e. The molecule has 0 spiro atoms. The summed E-state index contributed by atoms with van der Waals surface area (Å²) >= 11 is 0. The Balaban J connectivity index is 2.23. The highest BCUT2D eigenvalue weighted by Gasteiger charge is 2.22. The Bertz CT molecular complexity index is 359. The molecule has 0 N–H and O–H groups in total. The highest BCUT2D eigenvalue weighted by Crippen LogP contribution is 2.35. The Morgan fingerprint density at radius 3 is 2.62 bits per heavy atom. The van der Waals surface area contributed by atoms with E-state index in [2.05, 4.69) is 11.9 Å². The van der Waals surface area contributed by atoms with Gasteiger partial charge in [0.05, 0.1) is 7.11 Å². The molecule has 0 amide bonds. The molecule has 1 aromatic carbocycles. The molecule has 0 bridgehead atoms. The van der Waals surface area contributed by atoms with Crippen molar-refractivity contribution in [2.45, 2.75) is 18.8 Å². The predicted molar refractivity (Wildman–Crippen MR) is 62.4 cm³/mol. The molecule has 0 aliphatic carbocycles. The Labute approximate surface area is 96.0 Å². The van der Waals surface area contributed by atoms with Crippen LogP contribution in [0.4, 0.5) is 4.39 Å². The van der Waals surface area contributed by atoms with Crippen LogP contribution in [0.5, 0.6) is 5.75 Å². The first-order chi connectivity index (χ1) is 7.72. The summed E-state index contributed by atoms with van der Waals surface area (Å²) in [5, 5.41) is 0. The lowest BCUT2D eigenvalue weighted by Gasteiger charge is -2.30. The molecule has 88 valence electrons. The summed E-state index contributed by atoms with van der Waals surface area (Å²) in [6.07, 6.45) is 2.16. The molecule has 0 atom stereocenters. The molecule has 3 heteroatoms. The van der Waals surface area contributed by atoms with Crippen LogP contribution in [0.25, 0.3) is 0 Å². The molecule has 1 aromatic rings. The topological polar surface area (TPSA) is 12.5 Å². The van der Waals surface area contributed by atoms with Gasteiger partial charge < -0.3 is 9.64 Å². The van der Waals surface area contributed by atoms with Gasteiger partial charge >= 0.3 is 0 Å². The van der Waals surface area contributed by atoms with Crippen molar-refractivity contribution < 1.29 is 9.13 Å². The lowest BCUT2D eigenvalue weighted by atomic mass is 9.89. The van der Waals surface area contributed by atoms with Gasteiger partial charge in [0, 0.05) is 5.56 Å². The fourth-order valence-corrected chi connectivity index (χ4v) is 2.38. The maximum Gasteiger partial charge on any atom is 0.165 e. The highest BCUT2D eigenvalue weighted by atomic mass is 19.1. The van der Waals surface area contributed by atoms with E-state index in [-0.39, 0.29) is 5.82 Å². The van der Waals surface area contributed by atoms with E-state index in [9.17, 15) is 4.39 Å². The fraction of sp³-hybridized carbons (Fsp3) is 0.538. The summed E-state index contributed by atoms with van der Waals surface area (Å²) in [4.78, 5) is 2.31. The average molecular weight is 223 g/mol. The number of hydrogen-bond donors (Lipinski definition) is 0. The molecular formula is C13H18FNO. The van der Waals surface area contributed by atoms with E-state index in [0.717, 1.165) is 31.5 Å². The van der Waals surface area contributed by atoms with Gasteiger partial charge in [0.15, 0.2) is 11.6 Å². The zero-order valence-electron chi connectivity index (χ0n) is 9.87. The van der Waals surface area contributed by atoms with E-state index < -0.39 is 0 Å². The number of methoxy groups -OCH3 is 1. The van der Waals surface area contributed by atoms with Crippen molar-refractivity contribution in [1.29, 1.82) is 0 Å². The number of nitrogens with zero attached hydrogens (tertiary/aromatic N) is 1. The molecule has 1 saturated heterocycles. The van der Waals surface area contributed by atoms with Gasteiger partial charge in [-0.05, 0) is 45.0 Å². The Morgan fingerprint density at radius 1 is 1.31 bits per heavy atom. The lowest BCUT2D eigenvalue weighted by Crippen LogP contribution is -2.29. The van der Waals surface area contributed by atoms with E-state index in [4.69, 9.17) is 4.74 Å². The molecular weight excluding hydrogens is 205 g/mol. The van der Waals surface area contributed by atoms with E-state index in [0.29, 0.717) is 11.7 Å². The van der Waals surface area contributed by atoms with Gasteiger partial charge in [-0.2, -0.15) is 0 Å². The van der Waals surface area contributed by atoms with Gasteiger partial charge in [0.1, 0.15) is 0 Å². The zero-order chi connectivity index (χ0) is 11.5. The summed E-state index contributed by atoms with van der Waals surface area (Å²) in [5.74, 6) is 0.609. The second kappa shape index (κ2) is 4.83.